The monoisotopic (exact) mass is 268 g/mol. The summed E-state index contributed by atoms with van der Waals surface area (Å²) in [5, 5.41) is 0. The summed E-state index contributed by atoms with van der Waals surface area (Å²) in [5.74, 6) is 0.606. The molecule has 0 aliphatic heterocycles. The molecule has 0 saturated heterocycles. The second-order valence-electron chi connectivity index (χ2n) is 8.82. The largest absolute Gasteiger partial charge is 0.299 e. The summed E-state index contributed by atoms with van der Waals surface area (Å²) in [5.41, 5.74) is -0.676. The van der Waals surface area contributed by atoms with Crippen LogP contribution in [0.3, 0.4) is 0 Å². The van der Waals surface area contributed by atoms with Crippen LogP contribution in [0.4, 0.5) is 0 Å². The van der Waals surface area contributed by atoms with Crippen LogP contribution in [0.2, 0.25) is 0 Å². The molecule has 0 atom stereocenters. The maximum atomic E-state index is 12.2. The lowest BCUT2D eigenvalue weighted by molar-refractivity contribution is -0.131. The van der Waals surface area contributed by atoms with Gasteiger partial charge in [0, 0.05) is 23.7 Å². The Kier molecular flexibility index (Phi) is 5.56. The van der Waals surface area contributed by atoms with Crippen LogP contribution in [0.1, 0.15) is 75.2 Å². The van der Waals surface area contributed by atoms with Gasteiger partial charge in [-0.25, -0.2) is 0 Å². The van der Waals surface area contributed by atoms with Crippen molar-refractivity contribution in [3.63, 3.8) is 0 Å². The lowest BCUT2D eigenvalue weighted by Crippen LogP contribution is -2.33. The van der Waals surface area contributed by atoms with Gasteiger partial charge in [0.25, 0.3) is 0 Å². The summed E-state index contributed by atoms with van der Waals surface area (Å²) in [6.45, 7) is 18.0. The third-order valence-electron chi connectivity index (χ3n) is 3.76. The first kappa shape index (κ1) is 18.3. The molecule has 0 fully saturated rings. The highest BCUT2D eigenvalue weighted by atomic mass is 16.1. The summed E-state index contributed by atoms with van der Waals surface area (Å²) in [7, 11) is 0. The van der Waals surface area contributed by atoms with Crippen LogP contribution in [0.25, 0.3) is 0 Å². The molecule has 0 bridgehead atoms. The molecule has 0 heterocycles. The van der Waals surface area contributed by atoms with Gasteiger partial charge in [-0.1, -0.05) is 62.3 Å². The van der Waals surface area contributed by atoms with Crippen LogP contribution >= 0.6 is 0 Å². The second kappa shape index (κ2) is 5.76. The highest BCUT2D eigenvalue weighted by Crippen LogP contribution is 2.36. The Morgan fingerprint density at radius 3 is 1.11 bits per heavy atom. The highest BCUT2D eigenvalue weighted by Gasteiger charge is 2.34. The average molecular weight is 268 g/mol. The van der Waals surface area contributed by atoms with Gasteiger partial charge in [0.05, 0.1) is 0 Å². The molecule has 19 heavy (non-hydrogen) atoms. The van der Waals surface area contributed by atoms with Gasteiger partial charge < -0.3 is 0 Å². The molecule has 0 rings (SSSR count). The van der Waals surface area contributed by atoms with E-state index < -0.39 is 0 Å². The fraction of sp³-hybridized carbons (Fsp3) is 0.882. The molecule has 2 nitrogen and oxygen atoms in total. The van der Waals surface area contributed by atoms with Crippen LogP contribution in [0, 0.1) is 22.2 Å². The summed E-state index contributed by atoms with van der Waals surface area (Å²) in [6.07, 6.45) is 0.990. The van der Waals surface area contributed by atoms with Gasteiger partial charge in [0.1, 0.15) is 11.6 Å². The maximum Gasteiger partial charge on any atom is 0.138 e. The maximum absolute atomic E-state index is 12.2. The van der Waals surface area contributed by atoms with E-state index in [2.05, 4.69) is 20.8 Å². The van der Waals surface area contributed by atoms with E-state index in [0.717, 1.165) is 0 Å². The first-order chi connectivity index (χ1) is 8.15. The third-order valence-corrected chi connectivity index (χ3v) is 3.76. The summed E-state index contributed by atoms with van der Waals surface area (Å²) >= 11 is 0. The first-order valence-electron chi connectivity index (χ1n) is 7.22. The Labute approximate surface area is 119 Å². The van der Waals surface area contributed by atoms with E-state index in [1.807, 2.05) is 41.5 Å². The van der Waals surface area contributed by atoms with Crippen LogP contribution in [-0.2, 0) is 9.59 Å². The van der Waals surface area contributed by atoms with Crippen molar-refractivity contribution in [2.45, 2.75) is 75.2 Å². The molecule has 0 aromatic rings. The molecule has 0 N–H and O–H groups in total. The minimum atomic E-state index is -0.325. The Morgan fingerprint density at radius 2 is 0.947 bits per heavy atom. The first-order valence-corrected chi connectivity index (χ1v) is 7.22. The zero-order valence-corrected chi connectivity index (χ0v) is 14.3. The van der Waals surface area contributed by atoms with E-state index in [1.165, 1.54) is 0 Å². The number of hydrogen-bond donors (Lipinski definition) is 0. The number of carbonyl (C=O) groups excluding carboxylic acids is 2. The van der Waals surface area contributed by atoms with E-state index in [9.17, 15) is 9.59 Å². The second-order valence-corrected chi connectivity index (χ2v) is 8.82. The number of carbonyl (C=O) groups is 2. The predicted molar refractivity (Wildman–Crippen MR) is 81.1 cm³/mol. The predicted octanol–water partition coefficient (Wildman–Crippen LogP) is 4.66. The number of ketones is 2. The van der Waals surface area contributed by atoms with Crippen molar-refractivity contribution in [2.75, 3.05) is 0 Å². The van der Waals surface area contributed by atoms with Crippen molar-refractivity contribution in [1.29, 1.82) is 0 Å². The summed E-state index contributed by atoms with van der Waals surface area (Å²) < 4.78 is 0. The van der Waals surface area contributed by atoms with E-state index in [0.29, 0.717) is 12.8 Å². The minimum absolute atomic E-state index is 0.0260. The molecule has 0 radical (unpaired) electrons. The minimum Gasteiger partial charge on any atom is -0.299 e. The molecule has 0 amide bonds. The van der Waals surface area contributed by atoms with Gasteiger partial charge in [0.15, 0.2) is 0 Å². The van der Waals surface area contributed by atoms with Gasteiger partial charge >= 0.3 is 0 Å². The number of hydrogen-bond acceptors (Lipinski definition) is 2. The van der Waals surface area contributed by atoms with Gasteiger partial charge in [-0.2, -0.15) is 0 Å². The zero-order chi connectivity index (χ0) is 15.6. The molecule has 0 aromatic carbocycles. The highest BCUT2D eigenvalue weighted by molar-refractivity contribution is 5.86. The Morgan fingerprint density at radius 1 is 0.684 bits per heavy atom. The lowest BCUT2D eigenvalue weighted by Gasteiger charge is -2.33. The Hall–Kier alpha value is -0.660. The Balaban J connectivity index is 4.98. The summed E-state index contributed by atoms with van der Waals surface area (Å²) in [4.78, 5) is 24.5. The van der Waals surface area contributed by atoms with E-state index in [1.54, 1.807) is 0 Å². The van der Waals surface area contributed by atoms with Gasteiger partial charge in [-0.05, 0) is 11.3 Å². The number of Topliss-reactive ketones (excluding diaryl/α,β-unsaturated/α-hetero) is 2. The molecule has 112 valence electrons. The molecule has 0 saturated carbocycles. The van der Waals surface area contributed by atoms with Crippen LogP contribution < -0.4 is 0 Å². The molecular formula is C17H32O2. The van der Waals surface area contributed by atoms with Crippen molar-refractivity contribution < 1.29 is 9.59 Å². The molecule has 0 aliphatic rings. The molecule has 0 unspecified atom stereocenters. The molecular weight excluding hydrogens is 236 g/mol. The van der Waals surface area contributed by atoms with Gasteiger partial charge in [0.2, 0.25) is 0 Å². The van der Waals surface area contributed by atoms with Crippen molar-refractivity contribution in [2.24, 2.45) is 22.2 Å². The normalized spacial score (nSPS) is 13.8. The molecule has 2 heteroatoms. The quantitative estimate of drug-likeness (QED) is 0.743. The average Bonchev–Trinajstić information content (AvgIpc) is 2.11. The van der Waals surface area contributed by atoms with Crippen molar-refractivity contribution in [3.05, 3.63) is 0 Å². The standard InChI is InChI=1S/C17H32O2/c1-15(2,3)12(10-13(18)16(4,5)6)11-14(19)17(7,8)9/h12H,10-11H2,1-9H3. The van der Waals surface area contributed by atoms with E-state index in [4.69, 9.17) is 0 Å². The lowest BCUT2D eigenvalue weighted by atomic mass is 9.70. The molecule has 0 spiro atoms. The van der Waals surface area contributed by atoms with E-state index in [-0.39, 0.29) is 33.7 Å². The van der Waals surface area contributed by atoms with Gasteiger partial charge in [-0.15, -0.1) is 0 Å². The van der Waals surface area contributed by atoms with Crippen molar-refractivity contribution in [1.82, 2.24) is 0 Å². The molecule has 0 aromatic heterocycles. The van der Waals surface area contributed by atoms with Crippen LogP contribution in [0.15, 0.2) is 0 Å². The molecule has 0 aliphatic carbocycles. The SMILES string of the molecule is CC(C)(C)C(=O)CC(CC(=O)C(C)(C)C)C(C)(C)C. The van der Waals surface area contributed by atoms with Gasteiger partial charge in [-0.3, -0.25) is 9.59 Å². The van der Waals surface area contributed by atoms with E-state index >= 15 is 0 Å². The number of rotatable bonds is 4. The summed E-state index contributed by atoms with van der Waals surface area (Å²) in [6, 6.07) is 0. The third kappa shape index (κ3) is 6.35. The van der Waals surface area contributed by atoms with Crippen molar-refractivity contribution in [3.8, 4) is 0 Å². The zero-order valence-electron chi connectivity index (χ0n) is 14.3. The smallest absolute Gasteiger partial charge is 0.138 e. The fourth-order valence-corrected chi connectivity index (χ4v) is 1.74. The topological polar surface area (TPSA) is 34.1 Å². The van der Waals surface area contributed by atoms with Crippen molar-refractivity contribution >= 4 is 11.6 Å². The van der Waals surface area contributed by atoms with Crippen LogP contribution in [-0.4, -0.2) is 11.6 Å². The Bertz CT molecular complexity index is 304. The fourth-order valence-electron chi connectivity index (χ4n) is 1.74. The van der Waals surface area contributed by atoms with Crippen LogP contribution in [0.5, 0.6) is 0 Å².